The molecule has 1 aromatic carbocycles. The molecule has 2 aliphatic rings. The maximum Gasteiger partial charge on any atom is 0.220 e. The summed E-state index contributed by atoms with van der Waals surface area (Å²) >= 11 is 0. The molecule has 0 saturated carbocycles. The Balaban J connectivity index is 1.48. The Morgan fingerprint density at radius 3 is 2.56 bits per heavy atom. The van der Waals surface area contributed by atoms with Gasteiger partial charge in [-0.05, 0) is 61.7 Å². The van der Waals surface area contributed by atoms with Gasteiger partial charge in [0.15, 0.2) is 0 Å². The average molecular weight is 374 g/mol. The topological polar surface area (TPSA) is 64.6 Å². The molecule has 0 spiro atoms. The molecule has 5 heteroatoms. The molecule has 0 radical (unpaired) electrons. The monoisotopic (exact) mass is 373 g/mol. The summed E-state index contributed by atoms with van der Waals surface area (Å²) in [6, 6.07) is 8.38. The lowest BCUT2D eigenvalue weighted by Crippen LogP contribution is -2.36. The van der Waals surface area contributed by atoms with E-state index >= 15 is 0 Å². The fraction of sp³-hybridized carbons (Fsp3) is 0.682. The SMILES string of the molecule is CC(CC(=O)NCc1ccccc1CN1CCC(O)CC1)C1CCNCC1. The molecule has 1 aromatic rings. The van der Waals surface area contributed by atoms with Crippen LogP contribution in [0.3, 0.4) is 0 Å². The second kappa shape index (κ2) is 10.2. The maximum absolute atomic E-state index is 12.4. The van der Waals surface area contributed by atoms with Crippen molar-refractivity contribution in [3.8, 4) is 0 Å². The number of nitrogens with zero attached hydrogens (tertiary/aromatic N) is 1. The van der Waals surface area contributed by atoms with Gasteiger partial charge in [0.1, 0.15) is 0 Å². The zero-order chi connectivity index (χ0) is 19.1. The molecule has 0 aromatic heterocycles. The molecule has 2 heterocycles. The van der Waals surface area contributed by atoms with Crippen LogP contribution in [-0.4, -0.2) is 48.2 Å². The van der Waals surface area contributed by atoms with Gasteiger partial charge in [0.05, 0.1) is 6.10 Å². The summed E-state index contributed by atoms with van der Waals surface area (Å²) in [6.45, 7) is 7.75. The van der Waals surface area contributed by atoms with Gasteiger partial charge in [-0.1, -0.05) is 31.2 Å². The zero-order valence-electron chi connectivity index (χ0n) is 16.6. The van der Waals surface area contributed by atoms with E-state index in [1.54, 1.807) is 0 Å². The van der Waals surface area contributed by atoms with Gasteiger partial charge in [-0.15, -0.1) is 0 Å². The first-order chi connectivity index (χ1) is 13.1. The van der Waals surface area contributed by atoms with Gasteiger partial charge in [-0.25, -0.2) is 0 Å². The molecule has 1 unspecified atom stereocenters. The van der Waals surface area contributed by atoms with E-state index in [1.165, 1.54) is 24.0 Å². The largest absolute Gasteiger partial charge is 0.393 e. The Kier molecular flexibility index (Phi) is 7.68. The van der Waals surface area contributed by atoms with Gasteiger partial charge in [0.2, 0.25) is 5.91 Å². The Labute approximate surface area is 163 Å². The third-order valence-corrected chi connectivity index (χ3v) is 6.24. The molecular formula is C22H35N3O2. The molecule has 27 heavy (non-hydrogen) atoms. The van der Waals surface area contributed by atoms with Crippen LogP contribution in [0.25, 0.3) is 0 Å². The van der Waals surface area contributed by atoms with Crippen LogP contribution in [0.4, 0.5) is 0 Å². The van der Waals surface area contributed by atoms with E-state index in [1.807, 2.05) is 6.07 Å². The fourth-order valence-corrected chi connectivity index (χ4v) is 4.34. The number of nitrogens with one attached hydrogen (secondary N) is 2. The molecule has 2 fully saturated rings. The number of carbonyl (C=O) groups is 1. The van der Waals surface area contributed by atoms with Gasteiger partial charge in [-0.3, -0.25) is 9.69 Å². The summed E-state index contributed by atoms with van der Waals surface area (Å²) in [6.07, 6.45) is 4.55. The van der Waals surface area contributed by atoms with E-state index in [2.05, 4.69) is 40.7 Å². The second-order valence-electron chi connectivity index (χ2n) is 8.32. The molecule has 3 N–H and O–H groups in total. The van der Waals surface area contributed by atoms with Crippen molar-refractivity contribution < 1.29 is 9.90 Å². The summed E-state index contributed by atoms with van der Waals surface area (Å²) in [5.74, 6) is 1.28. The van der Waals surface area contributed by atoms with Crippen molar-refractivity contribution in [1.29, 1.82) is 0 Å². The third-order valence-electron chi connectivity index (χ3n) is 6.24. The van der Waals surface area contributed by atoms with Crippen molar-refractivity contribution in [3.05, 3.63) is 35.4 Å². The molecular weight excluding hydrogens is 338 g/mol. The van der Waals surface area contributed by atoms with Crippen molar-refractivity contribution in [2.45, 2.75) is 58.2 Å². The zero-order valence-corrected chi connectivity index (χ0v) is 16.6. The van der Waals surface area contributed by atoms with Crippen LogP contribution in [0, 0.1) is 11.8 Å². The van der Waals surface area contributed by atoms with Crippen molar-refractivity contribution in [2.24, 2.45) is 11.8 Å². The van der Waals surface area contributed by atoms with Crippen molar-refractivity contribution in [2.75, 3.05) is 26.2 Å². The van der Waals surface area contributed by atoms with Crippen LogP contribution in [0.1, 0.15) is 50.2 Å². The summed E-state index contributed by atoms with van der Waals surface area (Å²) in [7, 11) is 0. The Bertz CT molecular complexity index is 593. The standard InChI is InChI=1S/C22H35N3O2/c1-17(18-6-10-23-11-7-18)14-22(27)24-15-19-4-2-3-5-20(19)16-25-12-8-21(26)9-13-25/h2-5,17-18,21,23,26H,6-16H2,1H3,(H,24,27). The number of piperidine rings is 2. The minimum Gasteiger partial charge on any atom is -0.393 e. The summed E-state index contributed by atoms with van der Waals surface area (Å²) < 4.78 is 0. The lowest BCUT2D eigenvalue weighted by atomic mass is 9.84. The van der Waals surface area contributed by atoms with E-state index in [0.717, 1.165) is 45.6 Å². The fourth-order valence-electron chi connectivity index (χ4n) is 4.34. The van der Waals surface area contributed by atoms with Crippen LogP contribution in [0.5, 0.6) is 0 Å². The quantitative estimate of drug-likeness (QED) is 0.686. The number of aliphatic hydroxyl groups excluding tert-OH is 1. The number of rotatable bonds is 7. The number of carbonyl (C=O) groups excluding carboxylic acids is 1. The van der Waals surface area contributed by atoms with Gasteiger partial charge >= 0.3 is 0 Å². The van der Waals surface area contributed by atoms with Crippen molar-refractivity contribution in [1.82, 2.24) is 15.5 Å². The summed E-state index contributed by atoms with van der Waals surface area (Å²) in [5, 5.41) is 16.2. The summed E-state index contributed by atoms with van der Waals surface area (Å²) in [5.41, 5.74) is 2.48. The molecule has 1 atom stereocenters. The second-order valence-corrected chi connectivity index (χ2v) is 8.32. The van der Waals surface area contributed by atoms with Crippen LogP contribution in [0.15, 0.2) is 24.3 Å². The number of aliphatic hydroxyl groups is 1. The third kappa shape index (κ3) is 6.30. The number of hydrogen-bond acceptors (Lipinski definition) is 4. The molecule has 5 nitrogen and oxygen atoms in total. The smallest absolute Gasteiger partial charge is 0.220 e. The predicted molar refractivity (Wildman–Crippen MR) is 108 cm³/mol. The number of amides is 1. The number of hydrogen-bond donors (Lipinski definition) is 3. The molecule has 1 amide bonds. The molecule has 150 valence electrons. The highest BCUT2D eigenvalue weighted by Gasteiger charge is 2.22. The first-order valence-electron chi connectivity index (χ1n) is 10.6. The van der Waals surface area contributed by atoms with Gasteiger partial charge in [0.25, 0.3) is 0 Å². The lowest BCUT2D eigenvalue weighted by Gasteiger charge is -2.30. The normalized spacial score (nSPS) is 21.1. The molecule has 3 rings (SSSR count). The summed E-state index contributed by atoms with van der Waals surface area (Å²) in [4.78, 5) is 14.8. The lowest BCUT2D eigenvalue weighted by molar-refractivity contribution is -0.122. The van der Waals surface area contributed by atoms with E-state index < -0.39 is 0 Å². The van der Waals surface area contributed by atoms with Crippen molar-refractivity contribution >= 4 is 5.91 Å². The van der Waals surface area contributed by atoms with Crippen molar-refractivity contribution in [3.63, 3.8) is 0 Å². The number of benzene rings is 1. The Morgan fingerprint density at radius 1 is 1.19 bits per heavy atom. The average Bonchev–Trinajstić information content (AvgIpc) is 2.69. The molecule has 0 bridgehead atoms. The highest BCUT2D eigenvalue weighted by atomic mass is 16.3. The Morgan fingerprint density at radius 2 is 1.85 bits per heavy atom. The highest BCUT2D eigenvalue weighted by Crippen LogP contribution is 2.24. The van der Waals surface area contributed by atoms with Crippen LogP contribution >= 0.6 is 0 Å². The van der Waals surface area contributed by atoms with E-state index in [9.17, 15) is 9.90 Å². The van der Waals surface area contributed by atoms with E-state index in [4.69, 9.17) is 0 Å². The molecule has 0 aliphatic carbocycles. The van der Waals surface area contributed by atoms with Crippen LogP contribution in [0.2, 0.25) is 0 Å². The molecule has 2 saturated heterocycles. The van der Waals surface area contributed by atoms with E-state index in [-0.39, 0.29) is 12.0 Å². The van der Waals surface area contributed by atoms with Crippen LogP contribution in [-0.2, 0) is 17.9 Å². The highest BCUT2D eigenvalue weighted by molar-refractivity contribution is 5.76. The maximum atomic E-state index is 12.4. The Hall–Kier alpha value is -1.43. The first-order valence-corrected chi connectivity index (χ1v) is 10.6. The van der Waals surface area contributed by atoms with Gasteiger partial charge in [0, 0.05) is 32.6 Å². The first kappa shape index (κ1) is 20.3. The van der Waals surface area contributed by atoms with Crippen LogP contribution < -0.4 is 10.6 Å². The number of likely N-dealkylation sites (tertiary alicyclic amines) is 1. The molecule has 2 aliphatic heterocycles. The van der Waals surface area contributed by atoms with Gasteiger partial charge < -0.3 is 15.7 Å². The van der Waals surface area contributed by atoms with Gasteiger partial charge in [-0.2, -0.15) is 0 Å². The predicted octanol–water partition coefficient (Wildman–Crippen LogP) is 2.29. The minimum absolute atomic E-state index is 0.141. The minimum atomic E-state index is -0.141. The van der Waals surface area contributed by atoms with E-state index in [0.29, 0.717) is 24.8 Å².